The van der Waals surface area contributed by atoms with E-state index in [1.165, 1.54) is 0 Å². The van der Waals surface area contributed by atoms with Crippen LogP contribution in [0, 0.1) is 0 Å². The van der Waals surface area contributed by atoms with Gasteiger partial charge in [-0.05, 0) is 26.4 Å². The van der Waals surface area contributed by atoms with Gasteiger partial charge in [0.2, 0.25) is 0 Å². The topological polar surface area (TPSA) is 40.5 Å². The van der Waals surface area contributed by atoms with Gasteiger partial charge in [0, 0.05) is 0 Å². The van der Waals surface area contributed by atoms with E-state index in [1.807, 2.05) is 11.9 Å². The van der Waals surface area contributed by atoms with Crippen LogP contribution in [0.4, 0.5) is 0 Å². The van der Waals surface area contributed by atoms with E-state index in [2.05, 4.69) is 0 Å². The molecule has 1 fully saturated rings. The van der Waals surface area contributed by atoms with E-state index >= 15 is 0 Å². The summed E-state index contributed by atoms with van der Waals surface area (Å²) >= 11 is 0. The maximum Gasteiger partial charge on any atom is 0.320 e. The number of likely N-dealkylation sites (N-methyl/N-ethyl adjacent to an activating group) is 1. The maximum atomic E-state index is 10.5. The minimum absolute atomic E-state index is 0. The van der Waals surface area contributed by atoms with Crippen LogP contribution in [0.2, 0.25) is 0 Å². The zero-order chi connectivity index (χ0) is 7.56. The fourth-order valence-electron chi connectivity index (χ4n) is 1.39. The van der Waals surface area contributed by atoms with Gasteiger partial charge in [0.15, 0.2) is 0 Å². The number of likely N-dealkylation sites (tertiary alicyclic amines) is 1. The first-order chi connectivity index (χ1) is 4.72. The van der Waals surface area contributed by atoms with Crippen molar-refractivity contribution >= 4 is 29.9 Å². The highest BCUT2D eigenvalue weighted by Crippen LogP contribution is 2.14. The number of hydrogen-bond acceptors (Lipinski definition) is 2. The van der Waals surface area contributed by atoms with Crippen molar-refractivity contribution in [2.24, 2.45) is 0 Å². The summed E-state index contributed by atoms with van der Waals surface area (Å²) in [4.78, 5) is 12.4. The molecule has 1 rings (SSSR count). The number of nitrogens with zero attached hydrogens (tertiary/aromatic N) is 1. The van der Waals surface area contributed by atoms with Crippen molar-refractivity contribution in [3.8, 4) is 0 Å². The second-order valence-electron chi connectivity index (χ2n) is 2.83. The zero-order valence-electron chi connectivity index (χ0n) is 6.62. The Balaban J connectivity index is 0.000001000. The normalized spacial score (nSPS) is 25.7. The first-order valence-electron chi connectivity index (χ1n) is 3.65. The van der Waals surface area contributed by atoms with E-state index in [0.717, 1.165) is 25.8 Å². The van der Waals surface area contributed by atoms with Crippen LogP contribution in [-0.2, 0) is 4.79 Å². The van der Waals surface area contributed by atoms with Gasteiger partial charge in [0.05, 0.1) is 0 Å². The lowest BCUT2D eigenvalue weighted by Crippen LogP contribution is -2.41. The Labute approximate surface area is 83.8 Å². The number of carbonyl (C=O) groups is 1. The van der Waals surface area contributed by atoms with Crippen LogP contribution >= 0.6 is 24.0 Å². The molecule has 0 bridgehead atoms. The second kappa shape index (κ2) is 4.92. The summed E-state index contributed by atoms with van der Waals surface area (Å²) in [5, 5.41) is 8.67. The molecule has 0 spiro atoms. The van der Waals surface area contributed by atoms with E-state index in [1.54, 1.807) is 0 Å². The summed E-state index contributed by atoms with van der Waals surface area (Å²) in [6.45, 7) is 0.928. The van der Waals surface area contributed by atoms with Crippen LogP contribution < -0.4 is 0 Å². The average Bonchev–Trinajstić information content (AvgIpc) is 1.88. The average molecular weight is 271 g/mol. The fourth-order valence-corrected chi connectivity index (χ4v) is 1.39. The predicted octanol–water partition coefficient (Wildman–Crippen LogP) is 1.17. The summed E-state index contributed by atoms with van der Waals surface area (Å²) < 4.78 is 0. The highest BCUT2D eigenvalue weighted by atomic mass is 127. The first-order valence-corrected chi connectivity index (χ1v) is 3.65. The molecule has 0 aromatic heterocycles. The Morgan fingerprint density at radius 3 is 2.55 bits per heavy atom. The van der Waals surface area contributed by atoms with E-state index in [0.29, 0.717) is 0 Å². The number of carboxylic acid groups (broad SMARTS) is 1. The molecule has 1 saturated heterocycles. The number of rotatable bonds is 1. The number of aliphatic carboxylic acids is 1. The molecule has 0 aromatic rings. The maximum absolute atomic E-state index is 10.5. The Morgan fingerprint density at radius 2 is 2.18 bits per heavy atom. The summed E-state index contributed by atoms with van der Waals surface area (Å²) in [5.41, 5.74) is 0. The van der Waals surface area contributed by atoms with Gasteiger partial charge >= 0.3 is 5.97 Å². The Morgan fingerprint density at radius 1 is 1.55 bits per heavy atom. The Hall–Kier alpha value is 0.160. The minimum atomic E-state index is -0.679. The Bertz CT molecular complexity index is 140. The largest absolute Gasteiger partial charge is 0.480 e. The van der Waals surface area contributed by atoms with Crippen molar-refractivity contribution in [3.63, 3.8) is 0 Å². The third-order valence-corrected chi connectivity index (χ3v) is 2.06. The minimum Gasteiger partial charge on any atom is -0.480 e. The molecule has 1 atom stereocenters. The molecule has 1 aliphatic rings. The first kappa shape index (κ1) is 11.2. The highest BCUT2D eigenvalue weighted by Gasteiger charge is 2.24. The highest BCUT2D eigenvalue weighted by molar-refractivity contribution is 14.0. The van der Waals surface area contributed by atoms with E-state index in [9.17, 15) is 4.79 Å². The van der Waals surface area contributed by atoms with Crippen LogP contribution in [0.1, 0.15) is 19.3 Å². The van der Waals surface area contributed by atoms with Crippen LogP contribution in [0.5, 0.6) is 0 Å². The van der Waals surface area contributed by atoms with Gasteiger partial charge in [-0.15, -0.1) is 24.0 Å². The van der Waals surface area contributed by atoms with Crippen LogP contribution in [0.25, 0.3) is 0 Å². The monoisotopic (exact) mass is 271 g/mol. The molecule has 0 amide bonds. The molecular formula is C7H14INO2. The van der Waals surface area contributed by atoms with Gasteiger partial charge in [0.25, 0.3) is 0 Å². The lowest BCUT2D eigenvalue weighted by molar-refractivity contribution is -0.143. The Kier molecular flexibility index (Phi) is 4.99. The van der Waals surface area contributed by atoms with Crippen LogP contribution in [0.15, 0.2) is 0 Å². The van der Waals surface area contributed by atoms with Crippen molar-refractivity contribution in [2.45, 2.75) is 25.3 Å². The SMILES string of the molecule is CN1CCCC[C@H]1C(=O)O.I. The third-order valence-electron chi connectivity index (χ3n) is 2.06. The molecule has 4 heteroatoms. The quantitative estimate of drug-likeness (QED) is 0.728. The second-order valence-corrected chi connectivity index (χ2v) is 2.83. The van der Waals surface area contributed by atoms with Crippen LogP contribution in [0.3, 0.4) is 0 Å². The molecule has 1 N–H and O–H groups in total. The molecule has 11 heavy (non-hydrogen) atoms. The van der Waals surface area contributed by atoms with Crippen molar-refractivity contribution in [2.75, 3.05) is 13.6 Å². The van der Waals surface area contributed by atoms with Crippen molar-refractivity contribution < 1.29 is 9.90 Å². The zero-order valence-corrected chi connectivity index (χ0v) is 8.95. The van der Waals surface area contributed by atoms with Gasteiger partial charge < -0.3 is 5.11 Å². The lowest BCUT2D eigenvalue weighted by atomic mass is 10.0. The fraction of sp³-hybridized carbons (Fsp3) is 0.857. The number of halogens is 1. The molecular weight excluding hydrogens is 257 g/mol. The molecule has 3 nitrogen and oxygen atoms in total. The summed E-state index contributed by atoms with van der Waals surface area (Å²) in [7, 11) is 1.87. The van der Waals surface area contributed by atoms with Crippen molar-refractivity contribution in [3.05, 3.63) is 0 Å². The predicted molar refractivity (Wildman–Crippen MR) is 53.3 cm³/mol. The third kappa shape index (κ3) is 2.94. The van der Waals surface area contributed by atoms with Gasteiger partial charge in [0.1, 0.15) is 6.04 Å². The molecule has 66 valence electrons. The molecule has 0 unspecified atom stereocenters. The number of hydrogen-bond donors (Lipinski definition) is 1. The lowest BCUT2D eigenvalue weighted by Gasteiger charge is -2.28. The van der Waals surface area contributed by atoms with Gasteiger partial charge in [-0.3, -0.25) is 9.69 Å². The van der Waals surface area contributed by atoms with Gasteiger partial charge in [-0.1, -0.05) is 6.42 Å². The van der Waals surface area contributed by atoms with Crippen molar-refractivity contribution in [1.82, 2.24) is 4.90 Å². The number of piperidine rings is 1. The van der Waals surface area contributed by atoms with Crippen molar-refractivity contribution in [1.29, 1.82) is 0 Å². The standard InChI is InChI=1S/C7H13NO2.HI/c1-8-5-3-2-4-6(8)7(9)10;/h6H,2-5H2,1H3,(H,9,10);1H/t6-;/m0./s1. The van der Waals surface area contributed by atoms with Crippen LogP contribution in [-0.4, -0.2) is 35.6 Å². The number of carboxylic acids is 1. The molecule has 0 radical (unpaired) electrons. The molecule has 1 aliphatic heterocycles. The summed E-state index contributed by atoms with van der Waals surface area (Å²) in [6, 6.07) is -0.228. The smallest absolute Gasteiger partial charge is 0.320 e. The summed E-state index contributed by atoms with van der Waals surface area (Å²) in [6.07, 6.45) is 3.01. The molecule has 0 saturated carbocycles. The van der Waals surface area contributed by atoms with E-state index < -0.39 is 5.97 Å². The van der Waals surface area contributed by atoms with Gasteiger partial charge in [-0.25, -0.2) is 0 Å². The van der Waals surface area contributed by atoms with Gasteiger partial charge in [-0.2, -0.15) is 0 Å². The molecule has 0 aliphatic carbocycles. The molecule has 0 aromatic carbocycles. The molecule has 1 heterocycles. The van der Waals surface area contributed by atoms with E-state index in [-0.39, 0.29) is 30.0 Å². The summed E-state index contributed by atoms with van der Waals surface area (Å²) in [5.74, 6) is -0.679. The van der Waals surface area contributed by atoms with E-state index in [4.69, 9.17) is 5.11 Å².